The molecule has 0 N–H and O–H groups in total. The van der Waals surface area contributed by atoms with Crippen LogP contribution in [0, 0.1) is 6.92 Å². The van der Waals surface area contributed by atoms with Gasteiger partial charge in [0.1, 0.15) is 0 Å². The first-order valence-corrected chi connectivity index (χ1v) is 5.15. The van der Waals surface area contributed by atoms with Crippen LogP contribution in [0.1, 0.15) is 17.0 Å². The third-order valence-electron chi connectivity index (χ3n) is 2.15. The standard InChI is InChI=1S/C11H11ClN2O/c1-8-3-2-4-9(7-8)5-6-10-13-14-11(12)15-10/h2-4,7H,5-6H2,1H3. The molecule has 0 aliphatic carbocycles. The maximum Gasteiger partial charge on any atom is 0.312 e. The molecule has 0 amide bonds. The fourth-order valence-corrected chi connectivity index (χ4v) is 1.58. The number of hydrogen-bond acceptors (Lipinski definition) is 3. The van der Waals surface area contributed by atoms with Crippen molar-refractivity contribution in [3.8, 4) is 0 Å². The first-order chi connectivity index (χ1) is 7.24. The summed E-state index contributed by atoms with van der Waals surface area (Å²) < 4.78 is 5.08. The van der Waals surface area contributed by atoms with E-state index in [0.29, 0.717) is 5.89 Å². The van der Waals surface area contributed by atoms with Crippen LogP contribution in [0.5, 0.6) is 0 Å². The number of rotatable bonds is 3. The molecular formula is C11H11ClN2O. The first-order valence-electron chi connectivity index (χ1n) is 4.77. The number of benzene rings is 1. The molecule has 0 saturated heterocycles. The Morgan fingerprint density at radius 2 is 2.13 bits per heavy atom. The highest BCUT2D eigenvalue weighted by molar-refractivity contribution is 6.27. The van der Waals surface area contributed by atoms with E-state index in [4.69, 9.17) is 16.0 Å². The predicted molar refractivity (Wildman–Crippen MR) is 57.9 cm³/mol. The summed E-state index contributed by atoms with van der Waals surface area (Å²) in [5.74, 6) is 0.585. The van der Waals surface area contributed by atoms with Crippen LogP contribution < -0.4 is 0 Å². The van der Waals surface area contributed by atoms with Crippen molar-refractivity contribution < 1.29 is 4.42 Å². The summed E-state index contributed by atoms with van der Waals surface area (Å²) in [5.41, 5.74) is 2.53. The van der Waals surface area contributed by atoms with Gasteiger partial charge in [0.05, 0.1) is 0 Å². The normalized spacial score (nSPS) is 10.5. The molecule has 0 fully saturated rings. The lowest BCUT2D eigenvalue weighted by atomic mass is 10.1. The highest BCUT2D eigenvalue weighted by Gasteiger charge is 2.03. The number of nitrogens with zero attached hydrogens (tertiary/aromatic N) is 2. The molecule has 2 aromatic rings. The minimum atomic E-state index is 0.106. The lowest BCUT2D eigenvalue weighted by Crippen LogP contribution is -1.92. The van der Waals surface area contributed by atoms with Crippen LogP contribution in [0.25, 0.3) is 0 Å². The van der Waals surface area contributed by atoms with E-state index < -0.39 is 0 Å². The Kier molecular flexibility index (Phi) is 3.02. The van der Waals surface area contributed by atoms with Gasteiger partial charge in [-0.2, -0.15) is 0 Å². The maximum absolute atomic E-state index is 5.53. The van der Waals surface area contributed by atoms with E-state index >= 15 is 0 Å². The molecule has 1 aromatic heterocycles. The van der Waals surface area contributed by atoms with Gasteiger partial charge in [0.25, 0.3) is 0 Å². The third-order valence-corrected chi connectivity index (χ3v) is 2.30. The van der Waals surface area contributed by atoms with Crippen LogP contribution in [0.2, 0.25) is 5.35 Å². The van der Waals surface area contributed by atoms with Gasteiger partial charge >= 0.3 is 5.35 Å². The Hall–Kier alpha value is -1.35. The second-order valence-corrected chi connectivity index (χ2v) is 3.76. The van der Waals surface area contributed by atoms with Crippen LogP contribution in [0.15, 0.2) is 28.7 Å². The topological polar surface area (TPSA) is 38.9 Å². The molecule has 1 heterocycles. The van der Waals surface area contributed by atoms with Crippen molar-refractivity contribution in [3.63, 3.8) is 0 Å². The van der Waals surface area contributed by atoms with Gasteiger partial charge < -0.3 is 4.42 Å². The van der Waals surface area contributed by atoms with E-state index in [-0.39, 0.29) is 5.35 Å². The molecular weight excluding hydrogens is 212 g/mol. The fourth-order valence-electron chi connectivity index (χ4n) is 1.45. The summed E-state index contributed by atoms with van der Waals surface area (Å²) in [4.78, 5) is 0. The number of hydrogen-bond donors (Lipinski definition) is 0. The molecule has 0 bridgehead atoms. The highest BCUT2D eigenvalue weighted by Crippen LogP contribution is 2.10. The Morgan fingerprint density at radius 3 is 2.80 bits per heavy atom. The second-order valence-electron chi connectivity index (χ2n) is 3.44. The summed E-state index contributed by atoms with van der Waals surface area (Å²) in [5, 5.41) is 7.51. The molecule has 78 valence electrons. The molecule has 0 radical (unpaired) electrons. The van der Waals surface area contributed by atoms with Gasteiger partial charge in [0.2, 0.25) is 5.89 Å². The van der Waals surface area contributed by atoms with Gasteiger partial charge in [-0.3, -0.25) is 0 Å². The average Bonchev–Trinajstić information content (AvgIpc) is 2.62. The summed E-state index contributed by atoms with van der Waals surface area (Å²) in [7, 11) is 0. The van der Waals surface area contributed by atoms with Crippen molar-refractivity contribution in [3.05, 3.63) is 46.6 Å². The van der Waals surface area contributed by atoms with E-state index in [0.717, 1.165) is 12.8 Å². The molecule has 15 heavy (non-hydrogen) atoms. The molecule has 0 aliphatic heterocycles. The van der Waals surface area contributed by atoms with Crippen LogP contribution >= 0.6 is 11.6 Å². The molecule has 0 saturated carbocycles. The third kappa shape index (κ3) is 2.80. The molecule has 0 atom stereocenters. The van der Waals surface area contributed by atoms with Gasteiger partial charge in [0, 0.05) is 6.42 Å². The molecule has 0 spiro atoms. The van der Waals surface area contributed by atoms with Crippen molar-refractivity contribution >= 4 is 11.6 Å². The van der Waals surface area contributed by atoms with E-state index in [1.165, 1.54) is 11.1 Å². The first kappa shape index (κ1) is 10.2. The van der Waals surface area contributed by atoms with Gasteiger partial charge in [-0.1, -0.05) is 34.9 Å². The molecule has 0 aliphatic rings. The number of aromatic nitrogens is 2. The Morgan fingerprint density at radius 1 is 1.27 bits per heavy atom. The second kappa shape index (κ2) is 4.45. The molecule has 2 rings (SSSR count). The maximum atomic E-state index is 5.53. The van der Waals surface area contributed by atoms with Crippen molar-refractivity contribution in [2.75, 3.05) is 0 Å². The zero-order chi connectivity index (χ0) is 10.7. The van der Waals surface area contributed by atoms with Gasteiger partial charge in [-0.25, -0.2) is 0 Å². The largest absolute Gasteiger partial charge is 0.412 e. The number of halogens is 1. The summed E-state index contributed by atoms with van der Waals surface area (Å²) in [6, 6.07) is 8.36. The van der Waals surface area contributed by atoms with E-state index in [1.54, 1.807) is 0 Å². The van der Waals surface area contributed by atoms with Crippen molar-refractivity contribution in [1.82, 2.24) is 10.2 Å². The zero-order valence-corrected chi connectivity index (χ0v) is 9.16. The van der Waals surface area contributed by atoms with E-state index in [9.17, 15) is 0 Å². The van der Waals surface area contributed by atoms with Crippen molar-refractivity contribution in [1.29, 1.82) is 0 Å². The highest BCUT2D eigenvalue weighted by atomic mass is 35.5. The van der Waals surface area contributed by atoms with Crippen LogP contribution in [0.4, 0.5) is 0 Å². The lowest BCUT2D eigenvalue weighted by Gasteiger charge is -1.99. The van der Waals surface area contributed by atoms with E-state index in [1.807, 2.05) is 6.07 Å². The van der Waals surface area contributed by atoms with Gasteiger partial charge in [-0.05, 0) is 30.5 Å². The summed E-state index contributed by atoms with van der Waals surface area (Å²) >= 11 is 5.53. The van der Waals surface area contributed by atoms with Gasteiger partial charge in [-0.15, -0.1) is 5.10 Å². The SMILES string of the molecule is Cc1cccc(CCc2nnc(Cl)o2)c1. The molecule has 1 aromatic carbocycles. The molecule has 4 heteroatoms. The molecule has 0 unspecified atom stereocenters. The van der Waals surface area contributed by atoms with Crippen LogP contribution in [-0.4, -0.2) is 10.2 Å². The quantitative estimate of drug-likeness (QED) is 0.802. The van der Waals surface area contributed by atoms with E-state index in [2.05, 4.69) is 35.3 Å². The van der Waals surface area contributed by atoms with Crippen LogP contribution in [-0.2, 0) is 12.8 Å². The lowest BCUT2D eigenvalue weighted by molar-refractivity contribution is 0.494. The molecule has 3 nitrogen and oxygen atoms in total. The van der Waals surface area contributed by atoms with Crippen molar-refractivity contribution in [2.45, 2.75) is 19.8 Å². The monoisotopic (exact) mass is 222 g/mol. The van der Waals surface area contributed by atoms with Gasteiger partial charge in [0.15, 0.2) is 0 Å². The minimum Gasteiger partial charge on any atom is -0.412 e. The average molecular weight is 223 g/mol. The Labute approximate surface area is 93.1 Å². The Bertz CT molecular complexity index is 453. The zero-order valence-electron chi connectivity index (χ0n) is 8.40. The summed E-state index contributed by atoms with van der Waals surface area (Å²) in [6.07, 6.45) is 1.61. The van der Waals surface area contributed by atoms with Crippen LogP contribution in [0.3, 0.4) is 0 Å². The minimum absolute atomic E-state index is 0.106. The smallest absolute Gasteiger partial charge is 0.312 e. The predicted octanol–water partition coefficient (Wildman–Crippen LogP) is 2.82. The number of aryl methyl sites for hydroxylation is 3. The summed E-state index contributed by atoms with van der Waals surface area (Å²) in [6.45, 7) is 2.08. The Balaban J connectivity index is 1.99. The van der Waals surface area contributed by atoms with Crippen molar-refractivity contribution in [2.24, 2.45) is 0 Å². The fraction of sp³-hybridized carbons (Fsp3) is 0.273.